The molecular weight excluding hydrogens is 352 g/mol. The van der Waals surface area contributed by atoms with Crippen LogP contribution in [-0.4, -0.2) is 35.8 Å². The normalized spacial score (nSPS) is 17.0. The van der Waals surface area contributed by atoms with Crippen molar-refractivity contribution in [2.24, 2.45) is 5.92 Å². The van der Waals surface area contributed by atoms with E-state index < -0.39 is 0 Å². The minimum Gasteiger partial charge on any atom is -0.491 e. The molecule has 6 nitrogen and oxygen atoms in total. The van der Waals surface area contributed by atoms with E-state index in [1.807, 2.05) is 30.3 Å². The van der Waals surface area contributed by atoms with Crippen molar-refractivity contribution >= 4 is 29.0 Å². The van der Waals surface area contributed by atoms with Crippen molar-refractivity contribution in [2.45, 2.75) is 26.2 Å². The zero-order valence-electron chi connectivity index (χ0n) is 14.8. The summed E-state index contributed by atoms with van der Waals surface area (Å²) in [5.41, 5.74) is 0.717. The Balaban J connectivity index is 1.65. The number of hydrogen-bond donors (Lipinski definition) is 1. The van der Waals surface area contributed by atoms with Gasteiger partial charge in [0.1, 0.15) is 5.75 Å². The molecule has 7 heteroatoms. The van der Waals surface area contributed by atoms with Gasteiger partial charge in [-0.15, -0.1) is 10.2 Å². The van der Waals surface area contributed by atoms with Gasteiger partial charge < -0.3 is 15.0 Å². The van der Waals surface area contributed by atoms with Crippen LogP contribution in [0.1, 0.15) is 26.2 Å². The third-order valence-electron chi connectivity index (χ3n) is 4.34. The van der Waals surface area contributed by atoms with Crippen LogP contribution in [0.4, 0.5) is 11.5 Å². The number of anilines is 2. The van der Waals surface area contributed by atoms with E-state index >= 15 is 0 Å². The van der Waals surface area contributed by atoms with E-state index in [2.05, 4.69) is 27.3 Å². The molecular formula is C19H23ClN4O2. The van der Waals surface area contributed by atoms with Gasteiger partial charge >= 0.3 is 0 Å². The van der Waals surface area contributed by atoms with Crippen molar-refractivity contribution in [3.05, 3.63) is 41.6 Å². The highest BCUT2D eigenvalue weighted by atomic mass is 35.5. The maximum absolute atomic E-state index is 12.8. The van der Waals surface area contributed by atoms with Crippen LogP contribution in [-0.2, 0) is 4.79 Å². The van der Waals surface area contributed by atoms with Crippen molar-refractivity contribution in [3.63, 3.8) is 0 Å². The number of rotatable bonds is 6. The number of carbonyl (C=O) groups is 1. The highest BCUT2D eigenvalue weighted by Crippen LogP contribution is 2.27. The van der Waals surface area contributed by atoms with Crippen molar-refractivity contribution in [3.8, 4) is 5.75 Å². The van der Waals surface area contributed by atoms with Gasteiger partial charge in [0.2, 0.25) is 5.91 Å². The largest absolute Gasteiger partial charge is 0.491 e. The molecule has 1 aliphatic heterocycles. The van der Waals surface area contributed by atoms with Gasteiger partial charge in [-0.25, -0.2) is 0 Å². The average Bonchev–Trinajstić information content (AvgIpc) is 2.68. The molecule has 1 aromatic heterocycles. The van der Waals surface area contributed by atoms with Crippen LogP contribution in [0.2, 0.25) is 5.15 Å². The van der Waals surface area contributed by atoms with Crippen LogP contribution in [0.3, 0.4) is 0 Å². The quantitative estimate of drug-likeness (QED) is 0.833. The molecule has 2 aromatic rings. The third-order valence-corrected chi connectivity index (χ3v) is 4.54. The fourth-order valence-electron chi connectivity index (χ4n) is 3.02. The predicted molar refractivity (Wildman–Crippen MR) is 103 cm³/mol. The summed E-state index contributed by atoms with van der Waals surface area (Å²) in [4.78, 5) is 14.9. The Kier molecular flexibility index (Phi) is 6.28. The van der Waals surface area contributed by atoms with E-state index in [-0.39, 0.29) is 11.8 Å². The molecule has 0 bridgehead atoms. The van der Waals surface area contributed by atoms with Crippen molar-refractivity contribution in [1.82, 2.24) is 10.2 Å². The Bertz CT molecular complexity index is 739. The molecule has 138 valence electrons. The summed E-state index contributed by atoms with van der Waals surface area (Å²) >= 11 is 5.80. The van der Waals surface area contributed by atoms with Gasteiger partial charge in [0.05, 0.1) is 18.2 Å². The Hall–Kier alpha value is -2.34. The molecule has 0 unspecified atom stereocenters. The van der Waals surface area contributed by atoms with E-state index in [0.29, 0.717) is 29.7 Å². The van der Waals surface area contributed by atoms with Gasteiger partial charge in [-0.05, 0) is 43.5 Å². The maximum Gasteiger partial charge on any atom is 0.229 e. The van der Waals surface area contributed by atoms with Crippen LogP contribution in [0, 0.1) is 5.92 Å². The molecule has 1 aliphatic rings. The molecule has 1 atom stereocenters. The summed E-state index contributed by atoms with van der Waals surface area (Å²) in [7, 11) is 0. The molecule has 1 amide bonds. The van der Waals surface area contributed by atoms with Gasteiger partial charge in [-0.1, -0.05) is 30.7 Å². The molecule has 1 saturated heterocycles. The number of piperidine rings is 1. The first-order valence-electron chi connectivity index (χ1n) is 8.94. The lowest BCUT2D eigenvalue weighted by atomic mass is 9.97. The van der Waals surface area contributed by atoms with E-state index in [4.69, 9.17) is 16.3 Å². The molecule has 0 radical (unpaired) electrons. The number of aromatic nitrogens is 2. The van der Waals surface area contributed by atoms with E-state index in [9.17, 15) is 4.79 Å². The van der Waals surface area contributed by atoms with E-state index in [1.165, 1.54) is 0 Å². The van der Waals surface area contributed by atoms with E-state index in [0.717, 1.165) is 31.6 Å². The summed E-state index contributed by atoms with van der Waals surface area (Å²) in [5, 5.41) is 11.4. The average molecular weight is 375 g/mol. The molecule has 0 saturated carbocycles. The van der Waals surface area contributed by atoms with E-state index in [1.54, 1.807) is 6.07 Å². The second-order valence-electron chi connectivity index (χ2n) is 6.33. The number of nitrogens with one attached hydrogen (secondary N) is 1. The highest BCUT2D eigenvalue weighted by molar-refractivity contribution is 6.29. The monoisotopic (exact) mass is 374 g/mol. The van der Waals surface area contributed by atoms with Crippen molar-refractivity contribution < 1.29 is 9.53 Å². The summed E-state index contributed by atoms with van der Waals surface area (Å²) < 4.78 is 5.72. The molecule has 1 aromatic carbocycles. The predicted octanol–water partition coefficient (Wildman–Crippen LogP) is 3.77. The zero-order valence-corrected chi connectivity index (χ0v) is 15.6. The second kappa shape index (κ2) is 8.85. The number of halogens is 1. The second-order valence-corrected chi connectivity index (χ2v) is 6.72. The number of carbonyl (C=O) groups excluding carboxylic acids is 1. The van der Waals surface area contributed by atoms with Gasteiger partial charge in [0.25, 0.3) is 0 Å². The first-order valence-corrected chi connectivity index (χ1v) is 9.32. The lowest BCUT2D eigenvalue weighted by molar-refractivity contribution is -0.120. The van der Waals surface area contributed by atoms with Crippen LogP contribution >= 0.6 is 11.6 Å². The highest BCUT2D eigenvalue weighted by Gasteiger charge is 2.27. The smallest absolute Gasteiger partial charge is 0.229 e. The van der Waals surface area contributed by atoms with Gasteiger partial charge in [0, 0.05) is 13.1 Å². The molecule has 1 fully saturated rings. The molecule has 1 N–H and O–H groups in total. The van der Waals surface area contributed by atoms with Crippen molar-refractivity contribution in [1.29, 1.82) is 0 Å². The number of ether oxygens (including phenoxy) is 1. The maximum atomic E-state index is 12.8. The SMILES string of the molecule is CCCOc1ccccc1NC(=O)[C@@H]1CCCN(c2ccc(Cl)nn2)C1. The minimum atomic E-state index is -0.111. The fourth-order valence-corrected chi connectivity index (χ4v) is 3.12. The number of amides is 1. The molecule has 2 heterocycles. The molecule has 3 rings (SSSR count). The summed E-state index contributed by atoms with van der Waals surface area (Å²) in [6.07, 6.45) is 2.69. The lowest BCUT2D eigenvalue weighted by Crippen LogP contribution is -2.41. The summed E-state index contributed by atoms with van der Waals surface area (Å²) in [5.74, 6) is 1.35. The Morgan fingerprint density at radius 1 is 1.31 bits per heavy atom. The minimum absolute atomic E-state index is 0.00386. The Morgan fingerprint density at radius 2 is 2.15 bits per heavy atom. The standard InChI is InChI=1S/C19H23ClN4O2/c1-2-12-26-16-8-4-3-7-15(16)21-19(25)14-6-5-11-24(13-14)18-10-9-17(20)22-23-18/h3-4,7-10,14H,2,5-6,11-13H2,1H3,(H,21,25)/t14-/m1/s1. The summed E-state index contributed by atoms with van der Waals surface area (Å²) in [6.45, 7) is 4.15. The Labute approximate surface area is 158 Å². The molecule has 0 spiro atoms. The van der Waals surface area contributed by atoms with Gasteiger partial charge in [0.15, 0.2) is 11.0 Å². The van der Waals surface area contributed by atoms with Gasteiger partial charge in [-0.3, -0.25) is 4.79 Å². The first kappa shape index (κ1) is 18.5. The zero-order chi connectivity index (χ0) is 18.4. The van der Waals surface area contributed by atoms with Gasteiger partial charge in [-0.2, -0.15) is 0 Å². The number of hydrogen-bond acceptors (Lipinski definition) is 5. The number of para-hydroxylation sites is 2. The van der Waals surface area contributed by atoms with Crippen LogP contribution in [0.15, 0.2) is 36.4 Å². The van der Waals surface area contributed by atoms with Crippen LogP contribution in [0.25, 0.3) is 0 Å². The fraction of sp³-hybridized carbons (Fsp3) is 0.421. The molecule has 0 aliphatic carbocycles. The first-order chi connectivity index (χ1) is 12.7. The number of benzene rings is 1. The topological polar surface area (TPSA) is 67.3 Å². The summed E-state index contributed by atoms with van der Waals surface area (Å²) in [6, 6.07) is 11.1. The van der Waals surface area contributed by atoms with Crippen LogP contribution in [0.5, 0.6) is 5.75 Å². The lowest BCUT2D eigenvalue weighted by Gasteiger charge is -2.32. The number of nitrogens with zero attached hydrogens (tertiary/aromatic N) is 3. The Morgan fingerprint density at radius 3 is 2.92 bits per heavy atom. The third kappa shape index (κ3) is 4.64. The molecule has 26 heavy (non-hydrogen) atoms. The van der Waals surface area contributed by atoms with Crippen LogP contribution < -0.4 is 15.0 Å². The van der Waals surface area contributed by atoms with Crippen molar-refractivity contribution in [2.75, 3.05) is 29.9 Å².